The topological polar surface area (TPSA) is 76.3 Å². The first-order valence-electron chi connectivity index (χ1n) is 9.43. The fourth-order valence-electron chi connectivity index (χ4n) is 3.43. The van der Waals surface area contributed by atoms with Gasteiger partial charge in [-0.3, -0.25) is 19.6 Å². The highest BCUT2D eigenvalue weighted by molar-refractivity contribution is 8.16. The standard InChI is InChI=1S/C22H22N4O2S/c1-12-5-6-16(25-20(27)21-24-14(3)11-29-21)9-17(12)18-8-15-10-23-13(2)7-19(15)26(4)22(18)28/h5-10,14H,11H2,1-4H3,(H,25,27). The van der Waals surface area contributed by atoms with Gasteiger partial charge in [-0.15, -0.1) is 0 Å². The zero-order chi connectivity index (χ0) is 20.7. The second-order valence-electron chi connectivity index (χ2n) is 7.38. The lowest BCUT2D eigenvalue weighted by molar-refractivity contribution is -0.110. The lowest BCUT2D eigenvalue weighted by Gasteiger charge is -2.13. The predicted octanol–water partition coefficient (Wildman–Crippen LogP) is 3.69. The summed E-state index contributed by atoms with van der Waals surface area (Å²) in [4.78, 5) is 34.3. The third-order valence-electron chi connectivity index (χ3n) is 5.02. The average Bonchev–Trinajstić information content (AvgIpc) is 3.13. The van der Waals surface area contributed by atoms with Gasteiger partial charge in [0.05, 0.1) is 11.6 Å². The number of amides is 1. The van der Waals surface area contributed by atoms with Gasteiger partial charge >= 0.3 is 0 Å². The smallest absolute Gasteiger partial charge is 0.280 e. The molecule has 3 aromatic rings. The number of rotatable bonds is 3. The quantitative estimate of drug-likeness (QED) is 0.720. The summed E-state index contributed by atoms with van der Waals surface area (Å²) in [6.45, 7) is 5.85. The lowest BCUT2D eigenvalue weighted by atomic mass is 9.99. The monoisotopic (exact) mass is 406 g/mol. The summed E-state index contributed by atoms with van der Waals surface area (Å²) < 4.78 is 1.65. The third kappa shape index (κ3) is 3.70. The molecule has 0 fully saturated rings. The zero-order valence-corrected chi connectivity index (χ0v) is 17.6. The molecule has 0 spiro atoms. The molecule has 29 heavy (non-hydrogen) atoms. The maximum Gasteiger partial charge on any atom is 0.280 e. The Kier molecular flexibility index (Phi) is 5.00. The van der Waals surface area contributed by atoms with Gasteiger partial charge in [0, 0.05) is 41.3 Å². The van der Waals surface area contributed by atoms with Gasteiger partial charge in [-0.25, -0.2) is 0 Å². The van der Waals surface area contributed by atoms with Crippen molar-refractivity contribution in [3.63, 3.8) is 0 Å². The molecule has 7 heteroatoms. The SMILES string of the molecule is Cc1cc2c(cn1)cc(-c1cc(NC(=O)C3=NC(C)CS3)ccc1C)c(=O)n2C. The van der Waals surface area contributed by atoms with Crippen molar-refractivity contribution in [2.24, 2.45) is 12.0 Å². The number of fused-ring (bicyclic) bond motifs is 1. The van der Waals surface area contributed by atoms with Crippen molar-refractivity contribution in [1.29, 1.82) is 0 Å². The van der Waals surface area contributed by atoms with Crippen molar-refractivity contribution in [2.45, 2.75) is 26.8 Å². The first-order chi connectivity index (χ1) is 13.8. The first kappa shape index (κ1) is 19.4. The third-order valence-corrected chi connectivity index (χ3v) is 6.24. The average molecular weight is 407 g/mol. The van der Waals surface area contributed by atoms with E-state index in [4.69, 9.17) is 0 Å². The van der Waals surface area contributed by atoms with Crippen LogP contribution in [0.3, 0.4) is 0 Å². The maximum absolute atomic E-state index is 13.1. The molecule has 2 aromatic heterocycles. The van der Waals surface area contributed by atoms with E-state index < -0.39 is 0 Å². The molecule has 1 aromatic carbocycles. The molecule has 3 heterocycles. The number of benzene rings is 1. The molecule has 1 unspecified atom stereocenters. The van der Waals surface area contributed by atoms with Crippen molar-refractivity contribution in [2.75, 3.05) is 11.1 Å². The van der Waals surface area contributed by atoms with Crippen LogP contribution in [0.4, 0.5) is 5.69 Å². The highest BCUT2D eigenvalue weighted by Gasteiger charge is 2.21. The van der Waals surface area contributed by atoms with E-state index in [9.17, 15) is 9.59 Å². The van der Waals surface area contributed by atoms with Crippen LogP contribution in [0.1, 0.15) is 18.2 Å². The highest BCUT2D eigenvalue weighted by atomic mass is 32.2. The van der Waals surface area contributed by atoms with Crippen LogP contribution in [-0.4, -0.2) is 32.3 Å². The normalized spacial score (nSPS) is 16.1. The molecule has 0 bridgehead atoms. The summed E-state index contributed by atoms with van der Waals surface area (Å²) in [6, 6.07) is 9.54. The number of aliphatic imine (C=N–C) groups is 1. The van der Waals surface area contributed by atoms with E-state index in [2.05, 4.69) is 15.3 Å². The van der Waals surface area contributed by atoms with Gasteiger partial charge < -0.3 is 9.88 Å². The summed E-state index contributed by atoms with van der Waals surface area (Å²) in [5, 5.41) is 4.31. The Morgan fingerprint density at radius 3 is 2.72 bits per heavy atom. The fourth-order valence-corrected chi connectivity index (χ4v) is 4.34. The van der Waals surface area contributed by atoms with Crippen LogP contribution < -0.4 is 10.9 Å². The number of anilines is 1. The number of nitrogens with one attached hydrogen (secondary N) is 1. The number of hydrogen-bond acceptors (Lipinski definition) is 5. The Labute approximate surface area is 173 Å². The number of hydrogen-bond donors (Lipinski definition) is 1. The number of aryl methyl sites for hydroxylation is 3. The minimum Gasteiger partial charge on any atom is -0.320 e. The molecule has 1 N–H and O–H groups in total. The molecule has 0 saturated carbocycles. The number of pyridine rings is 2. The molecule has 148 valence electrons. The Hall–Kier alpha value is -2.93. The molecule has 0 radical (unpaired) electrons. The number of aromatic nitrogens is 2. The van der Waals surface area contributed by atoms with Crippen LogP contribution in [0.5, 0.6) is 0 Å². The van der Waals surface area contributed by atoms with Crippen LogP contribution in [0, 0.1) is 13.8 Å². The number of carbonyl (C=O) groups is 1. The van der Waals surface area contributed by atoms with Crippen molar-refractivity contribution >= 4 is 39.3 Å². The molecule has 1 amide bonds. The van der Waals surface area contributed by atoms with Crippen LogP contribution >= 0.6 is 11.8 Å². The Morgan fingerprint density at radius 1 is 1.21 bits per heavy atom. The zero-order valence-electron chi connectivity index (χ0n) is 16.8. The maximum atomic E-state index is 13.1. The van der Waals surface area contributed by atoms with Gasteiger partial charge in [0.15, 0.2) is 5.04 Å². The van der Waals surface area contributed by atoms with E-state index in [1.54, 1.807) is 17.8 Å². The van der Waals surface area contributed by atoms with Crippen molar-refractivity contribution in [3.05, 3.63) is 58.1 Å². The molecule has 6 nitrogen and oxygen atoms in total. The van der Waals surface area contributed by atoms with E-state index in [0.717, 1.165) is 33.5 Å². The van der Waals surface area contributed by atoms with Crippen LogP contribution in [-0.2, 0) is 11.8 Å². The number of nitrogens with zero attached hydrogens (tertiary/aromatic N) is 3. The van der Waals surface area contributed by atoms with Crippen molar-refractivity contribution < 1.29 is 4.79 Å². The fraction of sp³-hybridized carbons (Fsp3) is 0.273. The van der Waals surface area contributed by atoms with Crippen LogP contribution in [0.2, 0.25) is 0 Å². The first-order valence-corrected chi connectivity index (χ1v) is 10.4. The van der Waals surface area contributed by atoms with Gasteiger partial charge in [0.2, 0.25) is 0 Å². The van der Waals surface area contributed by atoms with E-state index in [0.29, 0.717) is 16.3 Å². The second-order valence-corrected chi connectivity index (χ2v) is 8.39. The number of carbonyl (C=O) groups excluding carboxylic acids is 1. The molecular weight excluding hydrogens is 384 g/mol. The van der Waals surface area contributed by atoms with Crippen LogP contribution in [0.15, 0.2) is 46.3 Å². The second kappa shape index (κ2) is 7.48. The van der Waals surface area contributed by atoms with Crippen LogP contribution in [0.25, 0.3) is 22.0 Å². The van der Waals surface area contributed by atoms with Gasteiger partial charge in [0.25, 0.3) is 11.5 Å². The molecule has 1 atom stereocenters. The molecular formula is C22H22N4O2S. The predicted molar refractivity (Wildman–Crippen MR) is 120 cm³/mol. The van der Waals surface area contributed by atoms with Gasteiger partial charge in [-0.05, 0) is 56.2 Å². The summed E-state index contributed by atoms with van der Waals surface area (Å²) >= 11 is 1.47. The highest BCUT2D eigenvalue weighted by Crippen LogP contribution is 2.27. The molecule has 1 aliphatic rings. The van der Waals surface area contributed by atoms with Crippen molar-refractivity contribution in [3.8, 4) is 11.1 Å². The van der Waals surface area contributed by atoms with E-state index >= 15 is 0 Å². The van der Waals surface area contributed by atoms with E-state index in [-0.39, 0.29) is 17.5 Å². The summed E-state index contributed by atoms with van der Waals surface area (Å²) in [5.74, 6) is 0.614. The van der Waals surface area contributed by atoms with Crippen molar-refractivity contribution in [1.82, 2.24) is 9.55 Å². The summed E-state index contributed by atoms with van der Waals surface area (Å²) in [7, 11) is 1.77. The Balaban J connectivity index is 1.76. The number of thioether (sulfide) groups is 1. The van der Waals surface area contributed by atoms with E-state index in [1.807, 2.05) is 51.1 Å². The van der Waals surface area contributed by atoms with Gasteiger partial charge in [-0.2, -0.15) is 0 Å². The van der Waals surface area contributed by atoms with Gasteiger partial charge in [0.1, 0.15) is 0 Å². The molecule has 0 saturated heterocycles. The summed E-state index contributed by atoms with van der Waals surface area (Å²) in [6.07, 6.45) is 1.78. The largest absolute Gasteiger partial charge is 0.320 e. The molecule has 4 rings (SSSR count). The lowest BCUT2D eigenvalue weighted by Crippen LogP contribution is -2.20. The van der Waals surface area contributed by atoms with E-state index in [1.165, 1.54) is 11.8 Å². The van der Waals surface area contributed by atoms with Gasteiger partial charge in [-0.1, -0.05) is 17.8 Å². The summed E-state index contributed by atoms with van der Waals surface area (Å²) in [5.41, 5.74) is 4.60. The minimum atomic E-state index is -0.208. The Bertz CT molecular complexity index is 1230. The molecule has 1 aliphatic heterocycles. The molecule has 0 aliphatic carbocycles. The minimum absolute atomic E-state index is 0.0841. The Morgan fingerprint density at radius 2 is 2.00 bits per heavy atom.